The summed E-state index contributed by atoms with van der Waals surface area (Å²) >= 11 is 0. The van der Waals surface area contributed by atoms with Gasteiger partial charge in [-0.25, -0.2) is 0 Å². The van der Waals surface area contributed by atoms with Gasteiger partial charge in [-0.2, -0.15) is 0 Å². The van der Waals surface area contributed by atoms with Crippen molar-refractivity contribution in [2.24, 2.45) is 0 Å². The summed E-state index contributed by atoms with van der Waals surface area (Å²) in [5.41, 5.74) is 3.38. The number of nitrogens with one attached hydrogen (secondary N) is 1. The van der Waals surface area contributed by atoms with E-state index in [4.69, 9.17) is 4.74 Å². The van der Waals surface area contributed by atoms with E-state index < -0.39 is 6.04 Å². The second-order valence-corrected chi connectivity index (χ2v) is 9.23. The van der Waals surface area contributed by atoms with E-state index in [2.05, 4.69) is 5.32 Å². The van der Waals surface area contributed by atoms with Crippen molar-refractivity contribution in [3.05, 3.63) is 65.2 Å². The van der Waals surface area contributed by atoms with Crippen molar-refractivity contribution >= 4 is 11.8 Å². The molecule has 2 aromatic rings. The number of benzene rings is 2. The average molecular weight is 451 g/mol. The Morgan fingerprint density at radius 3 is 2.42 bits per heavy atom. The Hall–Kier alpha value is -2.82. The number of amides is 2. The van der Waals surface area contributed by atoms with Crippen LogP contribution < -0.4 is 10.1 Å². The van der Waals surface area contributed by atoms with Gasteiger partial charge in [0.1, 0.15) is 11.8 Å². The molecule has 1 fully saturated rings. The fraction of sp³-hybridized carbons (Fsp3) is 0.500. The molecule has 5 heteroatoms. The summed E-state index contributed by atoms with van der Waals surface area (Å²) in [6.45, 7) is 6.83. The van der Waals surface area contributed by atoms with Crippen LogP contribution in [-0.4, -0.2) is 35.4 Å². The first kappa shape index (κ1) is 24.8. The molecule has 3 rings (SSSR count). The molecule has 2 amide bonds. The summed E-state index contributed by atoms with van der Waals surface area (Å²) in [6.07, 6.45) is 6.57. The zero-order valence-corrected chi connectivity index (χ0v) is 20.3. The molecule has 1 aliphatic carbocycles. The molecular formula is C28H38N2O3. The second-order valence-electron chi connectivity index (χ2n) is 9.23. The molecule has 178 valence electrons. The zero-order chi connectivity index (χ0) is 23.6. The summed E-state index contributed by atoms with van der Waals surface area (Å²) < 4.78 is 5.79. The van der Waals surface area contributed by atoms with Crippen molar-refractivity contribution in [1.29, 1.82) is 0 Å². The van der Waals surface area contributed by atoms with Gasteiger partial charge in [0.25, 0.3) is 0 Å². The summed E-state index contributed by atoms with van der Waals surface area (Å²) in [6, 6.07) is 15.7. The molecule has 1 aliphatic rings. The SMILES string of the molecule is Cc1ccc(OCCCC(=O)N(Cc2ccccc2C)[C@H](C)C(=O)NC2CCCCC2)cc1. The van der Waals surface area contributed by atoms with E-state index in [9.17, 15) is 9.59 Å². The molecule has 0 bridgehead atoms. The van der Waals surface area contributed by atoms with Crippen molar-refractivity contribution in [3.8, 4) is 5.75 Å². The Bertz CT molecular complexity index is 904. The highest BCUT2D eigenvalue weighted by molar-refractivity contribution is 5.87. The number of nitrogens with zero attached hydrogens (tertiary/aromatic N) is 1. The molecule has 33 heavy (non-hydrogen) atoms. The van der Waals surface area contributed by atoms with E-state index in [1.54, 1.807) is 4.90 Å². The molecule has 1 atom stereocenters. The van der Waals surface area contributed by atoms with Gasteiger partial charge in [0.15, 0.2) is 0 Å². The quantitative estimate of drug-likeness (QED) is 0.498. The highest BCUT2D eigenvalue weighted by Gasteiger charge is 2.28. The molecular weight excluding hydrogens is 412 g/mol. The van der Waals surface area contributed by atoms with Crippen molar-refractivity contribution < 1.29 is 14.3 Å². The van der Waals surface area contributed by atoms with Gasteiger partial charge in [-0.15, -0.1) is 0 Å². The third-order valence-electron chi connectivity index (χ3n) is 6.55. The molecule has 0 saturated heterocycles. The van der Waals surface area contributed by atoms with Gasteiger partial charge in [-0.3, -0.25) is 9.59 Å². The lowest BCUT2D eigenvalue weighted by Crippen LogP contribution is -2.50. The third kappa shape index (κ3) is 7.62. The molecule has 1 saturated carbocycles. The number of rotatable bonds is 10. The van der Waals surface area contributed by atoms with Crippen molar-refractivity contribution in [3.63, 3.8) is 0 Å². The fourth-order valence-electron chi connectivity index (χ4n) is 4.31. The number of aryl methyl sites for hydroxylation is 2. The first-order valence-corrected chi connectivity index (χ1v) is 12.3. The molecule has 5 nitrogen and oxygen atoms in total. The van der Waals surface area contributed by atoms with Gasteiger partial charge in [0.05, 0.1) is 6.61 Å². The largest absolute Gasteiger partial charge is 0.494 e. The molecule has 0 radical (unpaired) electrons. The summed E-state index contributed by atoms with van der Waals surface area (Å²) in [5.74, 6) is 0.738. The Kier molecular flexibility index (Phi) is 9.35. The Balaban J connectivity index is 1.60. The van der Waals surface area contributed by atoms with Gasteiger partial charge < -0.3 is 15.0 Å². The van der Waals surface area contributed by atoms with Crippen molar-refractivity contribution in [2.45, 2.75) is 84.3 Å². The van der Waals surface area contributed by atoms with Crippen LogP contribution in [0.15, 0.2) is 48.5 Å². The zero-order valence-electron chi connectivity index (χ0n) is 20.3. The molecule has 0 aliphatic heterocycles. The maximum atomic E-state index is 13.2. The van der Waals surface area contributed by atoms with Crippen LogP contribution in [0.2, 0.25) is 0 Å². The van der Waals surface area contributed by atoms with Gasteiger partial charge >= 0.3 is 0 Å². The van der Waals surface area contributed by atoms with Crippen LogP contribution in [0, 0.1) is 13.8 Å². The minimum absolute atomic E-state index is 0.0166. The van der Waals surface area contributed by atoms with E-state index in [1.807, 2.05) is 69.3 Å². The minimum Gasteiger partial charge on any atom is -0.494 e. The van der Waals surface area contributed by atoms with Crippen molar-refractivity contribution in [2.75, 3.05) is 6.61 Å². The Morgan fingerprint density at radius 2 is 1.73 bits per heavy atom. The average Bonchev–Trinajstić information content (AvgIpc) is 2.82. The topological polar surface area (TPSA) is 58.6 Å². The molecule has 1 N–H and O–H groups in total. The predicted molar refractivity (Wildman–Crippen MR) is 132 cm³/mol. The second kappa shape index (κ2) is 12.4. The maximum absolute atomic E-state index is 13.2. The lowest BCUT2D eigenvalue weighted by molar-refractivity contribution is -0.141. The molecule has 0 heterocycles. The lowest BCUT2D eigenvalue weighted by atomic mass is 9.95. The normalized spacial score (nSPS) is 15.0. The van der Waals surface area contributed by atoms with Gasteiger partial charge in [0, 0.05) is 19.0 Å². The number of carbonyl (C=O) groups excluding carboxylic acids is 2. The van der Waals surface area contributed by atoms with Gasteiger partial charge in [-0.1, -0.05) is 61.2 Å². The maximum Gasteiger partial charge on any atom is 0.242 e. The summed E-state index contributed by atoms with van der Waals surface area (Å²) in [5, 5.41) is 3.19. The van der Waals surface area contributed by atoms with E-state index in [-0.39, 0.29) is 17.9 Å². The first-order valence-electron chi connectivity index (χ1n) is 12.3. The van der Waals surface area contributed by atoms with Crippen LogP contribution in [0.4, 0.5) is 0 Å². The van der Waals surface area contributed by atoms with E-state index in [1.165, 1.54) is 12.0 Å². The van der Waals surface area contributed by atoms with Gasteiger partial charge in [-0.05, 0) is 63.3 Å². The summed E-state index contributed by atoms with van der Waals surface area (Å²) in [7, 11) is 0. The number of ether oxygens (including phenoxy) is 1. The lowest BCUT2D eigenvalue weighted by Gasteiger charge is -2.31. The molecule has 0 aromatic heterocycles. The third-order valence-corrected chi connectivity index (χ3v) is 6.55. The molecule has 2 aromatic carbocycles. The van der Waals surface area contributed by atoms with Gasteiger partial charge in [0.2, 0.25) is 11.8 Å². The Labute approximate surface area is 198 Å². The molecule has 0 spiro atoms. The van der Waals surface area contributed by atoms with Crippen molar-refractivity contribution in [1.82, 2.24) is 10.2 Å². The van der Waals surface area contributed by atoms with Crippen LogP contribution in [-0.2, 0) is 16.1 Å². The van der Waals surface area contributed by atoms with Crippen LogP contribution in [0.3, 0.4) is 0 Å². The number of carbonyl (C=O) groups is 2. The number of hydrogen-bond donors (Lipinski definition) is 1. The number of hydrogen-bond acceptors (Lipinski definition) is 3. The summed E-state index contributed by atoms with van der Waals surface area (Å²) in [4.78, 5) is 28.0. The minimum atomic E-state index is -0.517. The first-order chi connectivity index (χ1) is 15.9. The van der Waals surface area contributed by atoms with Crippen LogP contribution >= 0.6 is 0 Å². The van der Waals surface area contributed by atoms with E-state index in [0.29, 0.717) is 26.0 Å². The monoisotopic (exact) mass is 450 g/mol. The van der Waals surface area contributed by atoms with Crippen LogP contribution in [0.25, 0.3) is 0 Å². The van der Waals surface area contributed by atoms with Crippen LogP contribution in [0.1, 0.15) is 68.6 Å². The highest BCUT2D eigenvalue weighted by Crippen LogP contribution is 2.19. The fourth-order valence-corrected chi connectivity index (χ4v) is 4.31. The predicted octanol–water partition coefficient (Wildman–Crippen LogP) is 5.33. The smallest absolute Gasteiger partial charge is 0.242 e. The van der Waals surface area contributed by atoms with Crippen LogP contribution in [0.5, 0.6) is 5.75 Å². The Morgan fingerprint density at radius 1 is 1.03 bits per heavy atom. The van der Waals surface area contributed by atoms with E-state index >= 15 is 0 Å². The molecule has 0 unspecified atom stereocenters. The van der Waals surface area contributed by atoms with E-state index in [0.717, 1.165) is 42.6 Å². The highest BCUT2D eigenvalue weighted by atomic mass is 16.5. The standard InChI is InChI=1S/C28H38N2O3/c1-21-15-17-26(18-16-21)33-19-9-14-27(31)30(20-24-11-8-7-10-22(24)2)23(3)28(32)29-25-12-5-4-6-13-25/h7-8,10-11,15-18,23,25H,4-6,9,12-14,19-20H2,1-3H3,(H,29,32)/t23-/m1/s1.